The van der Waals surface area contributed by atoms with E-state index < -0.39 is 10.0 Å². The Hall–Kier alpha value is -3.12. The summed E-state index contributed by atoms with van der Waals surface area (Å²) in [5.41, 5.74) is 4.56. The molecule has 3 rings (SSSR count). The van der Waals surface area contributed by atoms with Crippen LogP contribution in [-0.4, -0.2) is 14.3 Å². The van der Waals surface area contributed by atoms with E-state index in [9.17, 15) is 13.2 Å². The zero-order valence-corrected chi connectivity index (χ0v) is 16.8. The van der Waals surface area contributed by atoms with E-state index >= 15 is 0 Å². The van der Waals surface area contributed by atoms with E-state index in [1.807, 2.05) is 45.0 Å². The SMILES string of the molecule is Cc1cccc(NS(=O)(=O)c2cccc(C(=O)Nc3ccc(C)c(C)c3)c2)c1. The predicted molar refractivity (Wildman–Crippen MR) is 112 cm³/mol. The molecule has 0 aliphatic rings. The van der Waals surface area contributed by atoms with Gasteiger partial charge in [0.05, 0.1) is 4.90 Å². The van der Waals surface area contributed by atoms with Crippen molar-refractivity contribution < 1.29 is 13.2 Å². The summed E-state index contributed by atoms with van der Waals surface area (Å²) in [6, 6.07) is 18.7. The quantitative estimate of drug-likeness (QED) is 0.661. The first-order valence-electron chi connectivity index (χ1n) is 8.83. The lowest BCUT2D eigenvalue weighted by molar-refractivity contribution is 0.102. The minimum atomic E-state index is -3.80. The standard InChI is InChI=1S/C22H22N2O3S/c1-15-6-4-8-20(12-15)24-28(26,27)21-9-5-7-18(14-21)22(25)23-19-11-10-16(2)17(3)13-19/h4-14,24H,1-3H3,(H,23,25). The van der Waals surface area contributed by atoms with Crippen LogP contribution >= 0.6 is 0 Å². The summed E-state index contributed by atoms with van der Waals surface area (Å²) in [7, 11) is -3.80. The largest absolute Gasteiger partial charge is 0.322 e. The van der Waals surface area contributed by atoms with E-state index in [0.29, 0.717) is 11.4 Å². The lowest BCUT2D eigenvalue weighted by atomic mass is 10.1. The van der Waals surface area contributed by atoms with E-state index in [4.69, 9.17) is 0 Å². The topological polar surface area (TPSA) is 75.3 Å². The van der Waals surface area contributed by atoms with Gasteiger partial charge in [0.25, 0.3) is 15.9 Å². The minimum Gasteiger partial charge on any atom is -0.322 e. The molecule has 2 N–H and O–H groups in total. The fourth-order valence-corrected chi connectivity index (χ4v) is 3.84. The Kier molecular flexibility index (Phi) is 5.51. The van der Waals surface area contributed by atoms with Crippen LogP contribution in [-0.2, 0) is 10.0 Å². The maximum atomic E-state index is 12.7. The number of hydrogen-bond donors (Lipinski definition) is 2. The summed E-state index contributed by atoms with van der Waals surface area (Å²) in [5.74, 6) is -0.365. The average Bonchev–Trinajstić information content (AvgIpc) is 2.64. The third-order valence-corrected chi connectivity index (χ3v) is 5.82. The average molecular weight is 394 g/mol. The number of anilines is 2. The number of hydrogen-bond acceptors (Lipinski definition) is 3. The Morgan fingerprint density at radius 2 is 1.54 bits per heavy atom. The molecule has 6 heteroatoms. The molecule has 0 aromatic heterocycles. The highest BCUT2D eigenvalue weighted by molar-refractivity contribution is 7.92. The van der Waals surface area contributed by atoms with Gasteiger partial charge in [-0.25, -0.2) is 8.42 Å². The lowest BCUT2D eigenvalue weighted by Crippen LogP contribution is -2.16. The monoisotopic (exact) mass is 394 g/mol. The van der Waals surface area contributed by atoms with Crippen molar-refractivity contribution in [3.8, 4) is 0 Å². The van der Waals surface area contributed by atoms with Gasteiger partial charge in [-0.3, -0.25) is 9.52 Å². The van der Waals surface area contributed by atoms with E-state index in [1.165, 1.54) is 12.1 Å². The van der Waals surface area contributed by atoms with Gasteiger partial charge in [-0.15, -0.1) is 0 Å². The molecular weight excluding hydrogens is 372 g/mol. The second kappa shape index (κ2) is 7.86. The summed E-state index contributed by atoms with van der Waals surface area (Å²) >= 11 is 0. The lowest BCUT2D eigenvalue weighted by Gasteiger charge is -2.11. The molecule has 0 aliphatic carbocycles. The van der Waals surface area contributed by atoms with Gasteiger partial charge in [0.1, 0.15) is 0 Å². The molecule has 0 fully saturated rings. The van der Waals surface area contributed by atoms with Crippen LogP contribution in [0.25, 0.3) is 0 Å². The summed E-state index contributed by atoms with van der Waals surface area (Å²) in [6.45, 7) is 5.85. The summed E-state index contributed by atoms with van der Waals surface area (Å²) in [4.78, 5) is 12.6. The van der Waals surface area contributed by atoms with Crippen molar-refractivity contribution in [1.29, 1.82) is 0 Å². The first-order valence-corrected chi connectivity index (χ1v) is 10.3. The van der Waals surface area contributed by atoms with Gasteiger partial charge in [-0.05, 0) is 79.9 Å². The number of nitrogens with one attached hydrogen (secondary N) is 2. The van der Waals surface area contributed by atoms with Crippen molar-refractivity contribution in [2.24, 2.45) is 0 Å². The second-order valence-electron chi connectivity index (χ2n) is 6.76. The fraction of sp³-hybridized carbons (Fsp3) is 0.136. The first kappa shape index (κ1) is 19.6. The molecule has 1 amide bonds. The zero-order chi connectivity index (χ0) is 20.3. The van der Waals surface area contributed by atoms with Crippen molar-refractivity contribution in [1.82, 2.24) is 0 Å². The van der Waals surface area contributed by atoms with Crippen molar-refractivity contribution in [3.05, 3.63) is 89.0 Å². The third kappa shape index (κ3) is 4.58. The first-order chi connectivity index (χ1) is 13.2. The molecule has 144 valence electrons. The van der Waals surface area contributed by atoms with Crippen molar-refractivity contribution in [2.45, 2.75) is 25.7 Å². The van der Waals surface area contributed by atoms with Crippen LogP contribution in [0.1, 0.15) is 27.0 Å². The molecule has 0 radical (unpaired) electrons. The smallest absolute Gasteiger partial charge is 0.261 e. The Morgan fingerprint density at radius 3 is 2.25 bits per heavy atom. The molecule has 5 nitrogen and oxygen atoms in total. The highest BCUT2D eigenvalue weighted by Gasteiger charge is 2.17. The van der Waals surface area contributed by atoms with Gasteiger partial charge >= 0.3 is 0 Å². The van der Waals surface area contributed by atoms with Gasteiger partial charge in [-0.1, -0.05) is 24.3 Å². The predicted octanol–water partition coefficient (Wildman–Crippen LogP) is 4.66. The van der Waals surface area contributed by atoms with Crippen molar-refractivity contribution in [3.63, 3.8) is 0 Å². The number of benzene rings is 3. The molecule has 0 spiro atoms. The van der Waals surface area contributed by atoms with Crippen LogP contribution in [0.3, 0.4) is 0 Å². The van der Waals surface area contributed by atoms with Gasteiger partial charge in [0.15, 0.2) is 0 Å². The molecule has 0 unspecified atom stereocenters. The second-order valence-corrected chi connectivity index (χ2v) is 8.44. The third-order valence-electron chi connectivity index (χ3n) is 4.44. The van der Waals surface area contributed by atoms with E-state index in [-0.39, 0.29) is 16.4 Å². The van der Waals surface area contributed by atoms with Gasteiger partial charge < -0.3 is 5.32 Å². The van der Waals surface area contributed by atoms with E-state index in [0.717, 1.165) is 16.7 Å². The fourth-order valence-electron chi connectivity index (χ4n) is 2.75. The Balaban J connectivity index is 1.82. The number of rotatable bonds is 5. The number of carbonyl (C=O) groups is 1. The normalized spacial score (nSPS) is 11.1. The molecule has 28 heavy (non-hydrogen) atoms. The molecular formula is C22H22N2O3S. The number of sulfonamides is 1. The van der Waals surface area contributed by atoms with E-state index in [1.54, 1.807) is 30.3 Å². The Bertz CT molecular complexity index is 1140. The molecule has 0 atom stereocenters. The maximum absolute atomic E-state index is 12.7. The number of carbonyl (C=O) groups excluding carboxylic acids is 1. The molecule has 0 saturated carbocycles. The highest BCUT2D eigenvalue weighted by Crippen LogP contribution is 2.19. The summed E-state index contributed by atoms with van der Waals surface area (Å²) in [5, 5.41) is 2.81. The zero-order valence-electron chi connectivity index (χ0n) is 16.0. The highest BCUT2D eigenvalue weighted by atomic mass is 32.2. The summed E-state index contributed by atoms with van der Waals surface area (Å²) < 4.78 is 27.9. The molecule has 0 aliphatic heterocycles. The van der Waals surface area contributed by atoms with Crippen LogP contribution < -0.4 is 10.0 Å². The molecule has 0 heterocycles. The number of aryl methyl sites for hydroxylation is 3. The molecule has 3 aromatic rings. The Morgan fingerprint density at radius 1 is 0.786 bits per heavy atom. The van der Waals surface area contributed by atoms with Crippen LogP contribution in [0.2, 0.25) is 0 Å². The maximum Gasteiger partial charge on any atom is 0.261 e. The van der Waals surface area contributed by atoms with Crippen LogP contribution in [0.5, 0.6) is 0 Å². The molecule has 0 saturated heterocycles. The van der Waals surface area contributed by atoms with Crippen molar-refractivity contribution in [2.75, 3.05) is 10.0 Å². The number of amides is 1. The minimum absolute atomic E-state index is 0.0294. The van der Waals surface area contributed by atoms with Crippen molar-refractivity contribution >= 4 is 27.3 Å². The van der Waals surface area contributed by atoms with Gasteiger partial charge in [0, 0.05) is 16.9 Å². The van der Waals surface area contributed by atoms with Crippen LogP contribution in [0.4, 0.5) is 11.4 Å². The molecule has 0 bridgehead atoms. The van der Waals surface area contributed by atoms with E-state index in [2.05, 4.69) is 10.0 Å². The van der Waals surface area contributed by atoms with Crippen LogP contribution in [0.15, 0.2) is 71.6 Å². The summed E-state index contributed by atoms with van der Waals surface area (Å²) in [6.07, 6.45) is 0. The Labute approximate surface area is 165 Å². The molecule has 3 aromatic carbocycles. The van der Waals surface area contributed by atoms with Gasteiger partial charge in [0.2, 0.25) is 0 Å². The van der Waals surface area contributed by atoms with Crippen LogP contribution in [0, 0.1) is 20.8 Å². The van der Waals surface area contributed by atoms with Gasteiger partial charge in [-0.2, -0.15) is 0 Å².